The summed E-state index contributed by atoms with van der Waals surface area (Å²) in [6.45, 7) is 4.44. The van der Waals surface area contributed by atoms with Gasteiger partial charge in [-0.25, -0.2) is 9.78 Å². The largest absolute Gasteiger partial charge is 0.494 e. The van der Waals surface area contributed by atoms with Crippen LogP contribution in [0.25, 0.3) is 10.6 Å². The van der Waals surface area contributed by atoms with Crippen molar-refractivity contribution >= 4 is 28.9 Å². The van der Waals surface area contributed by atoms with Gasteiger partial charge < -0.3 is 19.2 Å². The van der Waals surface area contributed by atoms with E-state index in [1.807, 2.05) is 43.5 Å². The van der Waals surface area contributed by atoms with E-state index < -0.39 is 11.9 Å². The molecule has 4 aromatic rings. The van der Waals surface area contributed by atoms with Crippen LogP contribution in [0.1, 0.15) is 39.1 Å². The summed E-state index contributed by atoms with van der Waals surface area (Å²) in [5.41, 5.74) is 3.28. The maximum atomic E-state index is 12.6. The predicted molar refractivity (Wildman–Crippen MR) is 126 cm³/mol. The number of hydrogen-bond acceptors (Lipinski definition) is 7. The maximum Gasteiger partial charge on any atom is 0.338 e. The lowest BCUT2D eigenvalue weighted by Crippen LogP contribution is -2.13. The molecule has 2 aromatic heterocycles. The SMILES string of the molecule is CCOc1ccc(-c2nc(COC(=O)c3ccc(C)c(NC(=O)c4ccco4)c3)cs2)cc1. The molecule has 7 nitrogen and oxygen atoms in total. The minimum absolute atomic E-state index is 0.0499. The van der Waals surface area contributed by atoms with Crippen LogP contribution in [0.15, 0.2) is 70.7 Å². The van der Waals surface area contributed by atoms with Crippen LogP contribution in [-0.4, -0.2) is 23.5 Å². The van der Waals surface area contributed by atoms with E-state index in [0.717, 1.165) is 21.9 Å². The average Bonchev–Trinajstić information content (AvgIpc) is 3.52. The predicted octanol–water partition coefficient (Wildman–Crippen LogP) is 5.72. The van der Waals surface area contributed by atoms with E-state index in [2.05, 4.69) is 10.3 Å². The first-order chi connectivity index (χ1) is 16.0. The van der Waals surface area contributed by atoms with Gasteiger partial charge in [0.05, 0.1) is 24.1 Å². The molecule has 0 aliphatic carbocycles. The highest BCUT2D eigenvalue weighted by Crippen LogP contribution is 2.26. The molecule has 8 heteroatoms. The number of furan rings is 1. The number of amides is 1. The first-order valence-electron chi connectivity index (χ1n) is 10.3. The Kier molecular flexibility index (Phi) is 6.85. The molecular formula is C25H22N2O5S. The molecule has 0 aliphatic rings. The first kappa shape index (κ1) is 22.3. The molecule has 0 saturated heterocycles. The Hall–Kier alpha value is -3.91. The lowest BCUT2D eigenvalue weighted by Gasteiger charge is -2.09. The summed E-state index contributed by atoms with van der Waals surface area (Å²) in [4.78, 5) is 29.4. The van der Waals surface area contributed by atoms with Crippen molar-refractivity contribution < 1.29 is 23.5 Å². The van der Waals surface area contributed by atoms with Gasteiger partial charge in [-0.3, -0.25) is 4.79 Å². The molecule has 1 N–H and O–H groups in total. The Morgan fingerprint density at radius 1 is 1.12 bits per heavy atom. The van der Waals surface area contributed by atoms with Crippen molar-refractivity contribution in [3.63, 3.8) is 0 Å². The van der Waals surface area contributed by atoms with Crippen molar-refractivity contribution in [3.8, 4) is 16.3 Å². The minimum atomic E-state index is -0.501. The topological polar surface area (TPSA) is 90.7 Å². The Morgan fingerprint density at radius 2 is 1.94 bits per heavy atom. The number of thiazole rings is 1. The van der Waals surface area contributed by atoms with Crippen LogP contribution in [0, 0.1) is 6.92 Å². The number of hydrogen-bond donors (Lipinski definition) is 1. The average molecular weight is 463 g/mol. The molecule has 0 spiro atoms. The first-order valence-corrected chi connectivity index (χ1v) is 11.2. The van der Waals surface area contributed by atoms with Gasteiger partial charge >= 0.3 is 5.97 Å². The highest BCUT2D eigenvalue weighted by Gasteiger charge is 2.15. The number of aryl methyl sites for hydroxylation is 1. The molecule has 0 saturated carbocycles. The Balaban J connectivity index is 1.38. The monoisotopic (exact) mass is 462 g/mol. The van der Waals surface area contributed by atoms with Crippen molar-refractivity contribution in [2.24, 2.45) is 0 Å². The number of carbonyl (C=O) groups excluding carboxylic acids is 2. The second-order valence-corrected chi connectivity index (χ2v) is 8.00. The number of anilines is 1. The molecule has 0 bridgehead atoms. The van der Waals surface area contributed by atoms with Gasteiger partial charge in [-0.2, -0.15) is 0 Å². The fraction of sp³-hybridized carbons (Fsp3) is 0.160. The number of aromatic nitrogens is 1. The van der Waals surface area contributed by atoms with Gasteiger partial charge in [0.2, 0.25) is 0 Å². The van der Waals surface area contributed by atoms with E-state index in [9.17, 15) is 9.59 Å². The quantitative estimate of drug-likeness (QED) is 0.337. The molecule has 0 unspecified atom stereocenters. The number of ether oxygens (including phenoxy) is 2. The fourth-order valence-corrected chi connectivity index (χ4v) is 3.87. The van der Waals surface area contributed by atoms with E-state index >= 15 is 0 Å². The van der Waals surface area contributed by atoms with Crippen molar-refractivity contribution in [2.45, 2.75) is 20.5 Å². The van der Waals surface area contributed by atoms with Gasteiger partial charge in [-0.15, -0.1) is 11.3 Å². The molecule has 0 aliphatic heterocycles. The summed E-state index contributed by atoms with van der Waals surface area (Å²) < 4.78 is 16.0. The van der Waals surface area contributed by atoms with E-state index in [4.69, 9.17) is 13.9 Å². The molecule has 4 rings (SSSR count). The minimum Gasteiger partial charge on any atom is -0.494 e. The molecule has 168 valence electrons. The molecule has 33 heavy (non-hydrogen) atoms. The van der Waals surface area contributed by atoms with Crippen LogP contribution in [0.4, 0.5) is 5.69 Å². The van der Waals surface area contributed by atoms with Crippen LogP contribution in [-0.2, 0) is 11.3 Å². The summed E-state index contributed by atoms with van der Waals surface area (Å²) in [6, 6.07) is 15.9. The highest BCUT2D eigenvalue weighted by atomic mass is 32.1. The molecule has 1 amide bonds. The van der Waals surface area contributed by atoms with Crippen molar-refractivity contribution in [2.75, 3.05) is 11.9 Å². The summed E-state index contributed by atoms with van der Waals surface area (Å²) in [7, 11) is 0. The Morgan fingerprint density at radius 3 is 2.67 bits per heavy atom. The van der Waals surface area contributed by atoms with E-state index in [0.29, 0.717) is 23.6 Å². The lowest BCUT2D eigenvalue weighted by atomic mass is 10.1. The maximum absolute atomic E-state index is 12.6. The normalized spacial score (nSPS) is 10.6. The van der Waals surface area contributed by atoms with Gasteiger partial charge in [-0.1, -0.05) is 6.07 Å². The number of esters is 1. The molecule has 2 aromatic carbocycles. The van der Waals surface area contributed by atoms with Crippen LogP contribution in [0.3, 0.4) is 0 Å². The van der Waals surface area contributed by atoms with Crippen LogP contribution in [0.2, 0.25) is 0 Å². The Bertz CT molecular complexity index is 1250. The van der Waals surface area contributed by atoms with Crippen LogP contribution >= 0.6 is 11.3 Å². The van der Waals surface area contributed by atoms with Crippen LogP contribution < -0.4 is 10.1 Å². The van der Waals surface area contributed by atoms with Gasteiger partial charge in [0, 0.05) is 16.6 Å². The second-order valence-electron chi connectivity index (χ2n) is 7.14. The number of rotatable bonds is 8. The van der Waals surface area contributed by atoms with Gasteiger partial charge in [-0.05, 0) is 67.9 Å². The standard InChI is InChI=1S/C25H22N2O5S/c1-3-30-20-10-8-17(9-11-20)24-26-19(15-33-24)14-32-25(29)18-7-6-16(2)21(13-18)27-23(28)22-5-4-12-31-22/h4-13,15H,3,14H2,1-2H3,(H,27,28). The number of benzene rings is 2. The molecule has 0 radical (unpaired) electrons. The number of carbonyl (C=O) groups is 2. The Labute approximate surface area is 195 Å². The third-order valence-electron chi connectivity index (χ3n) is 4.78. The lowest BCUT2D eigenvalue weighted by molar-refractivity contribution is 0.0468. The molecule has 0 atom stereocenters. The van der Waals surface area contributed by atoms with Gasteiger partial charge in [0.1, 0.15) is 17.4 Å². The molecule has 2 heterocycles. The smallest absolute Gasteiger partial charge is 0.338 e. The van der Waals surface area contributed by atoms with Crippen molar-refractivity contribution in [1.82, 2.24) is 4.98 Å². The van der Waals surface area contributed by atoms with E-state index in [-0.39, 0.29) is 12.4 Å². The summed E-state index contributed by atoms with van der Waals surface area (Å²) in [5.74, 6) is 0.107. The second kappa shape index (κ2) is 10.1. The summed E-state index contributed by atoms with van der Waals surface area (Å²) in [6.07, 6.45) is 1.43. The zero-order chi connectivity index (χ0) is 23.2. The third kappa shape index (κ3) is 5.48. The van der Waals surface area contributed by atoms with Gasteiger partial charge in [0.15, 0.2) is 5.76 Å². The van der Waals surface area contributed by atoms with Crippen LogP contribution in [0.5, 0.6) is 5.75 Å². The van der Waals surface area contributed by atoms with E-state index in [1.54, 1.807) is 30.3 Å². The summed E-state index contributed by atoms with van der Waals surface area (Å²) in [5, 5.41) is 5.45. The third-order valence-corrected chi connectivity index (χ3v) is 5.72. The molecular weight excluding hydrogens is 440 g/mol. The van der Waals surface area contributed by atoms with Gasteiger partial charge in [0.25, 0.3) is 5.91 Å². The summed E-state index contributed by atoms with van der Waals surface area (Å²) >= 11 is 1.48. The zero-order valence-corrected chi connectivity index (χ0v) is 19.0. The van der Waals surface area contributed by atoms with Crippen molar-refractivity contribution in [3.05, 3.63) is 88.8 Å². The molecule has 0 fully saturated rings. The number of nitrogens with one attached hydrogen (secondary N) is 1. The zero-order valence-electron chi connectivity index (χ0n) is 18.2. The highest BCUT2D eigenvalue weighted by molar-refractivity contribution is 7.13. The van der Waals surface area contributed by atoms with Crippen molar-refractivity contribution in [1.29, 1.82) is 0 Å². The number of nitrogens with zero attached hydrogens (tertiary/aromatic N) is 1. The fourth-order valence-electron chi connectivity index (χ4n) is 3.06. The van der Waals surface area contributed by atoms with E-state index in [1.165, 1.54) is 17.6 Å².